The molecule has 0 saturated heterocycles. The van der Waals surface area contributed by atoms with E-state index in [0.29, 0.717) is 6.61 Å². The summed E-state index contributed by atoms with van der Waals surface area (Å²) in [6, 6.07) is 12.5. The minimum atomic E-state index is -0.616. The molecule has 5 rings (SSSR count). The van der Waals surface area contributed by atoms with E-state index in [1.54, 1.807) is 0 Å². The Morgan fingerprint density at radius 2 is 1.82 bits per heavy atom. The molecular formula is C33H38N2O4. The van der Waals surface area contributed by atoms with Crippen LogP contribution in [-0.2, 0) is 20.7 Å². The van der Waals surface area contributed by atoms with Gasteiger partial charge in [-0.1, -0.05) is 6.07 Å². The topological polar surface area (TPSA) is 70.5 Å². The van der Waals surface area contributed by atoms with E-state index in [1.165, 1.54) is 5.56 Å². The van der Waals surface area contributed by atoms with Gasteiger partial charge in [0.2, 0.25) is 0 Å². The van der Waals surface area contributed by atoms with Crippen LogP contribution in [0.3, 0.4) is 0 Å². The average Bonchev–Trinajstić information content (AvgIpc) is 2.85. The number of hydrogen-bond acceptors (Lipinski definition) is 6. The minimum absolute atomic E-state index is 0.101. The lowest BCUT2D eigenvalue weighted by Crippen LogP contribution is -2.30. The molecule has 1 atom stereocenters. The van der Waals surface area contributed by atoms with Crippen LogP contribution in [0.25, 0.3) is 32.9 Å². The third-order valence-corrected chi connectivity index (χ3v) is 7.02. The number of carbonyl (C=O) groups is 1. The van der Waals surface area contributed by atoms with Crippen molar-refractivity contribution in [3.63, 3.8) is 0 Å². The third kappa shape index (κ3) is 5.35. The Morgan fingerprint density at radius 1 is 1.05 bits per heavy atom. The molecule has 3 heterocycles. The van der Waals surface area contributed by atoms with Gasteiger partial charge in [0.25, 0.3) is 0 Å². The molecule has 0 spiro atoms. The fraction of sp³-hybridized carbons (Fsp3) is 0.424. The summed E-state index contributed by atoms with van der Waals surface area (Å²) < 4.78 is 18.6. The highest BCUT2D eigenvalue weighted by Crippen LogP contribution is 2.45. The maximum atomic E-state index is 12.8. The van der Waals surface area contributed by atoms with E-state index in [9.17, 15) is 4.79 Å². The van der Waals surface area contributed by atoms with Crippen LogP contribution >= 0.6 is 0 Å². The molecule has 0 radical (unpaired) electrons. The van der Waals surface area contributed by atoms with Crippen LogP contribution in [-0.4, -0.2) is 34.8 Å². The van der Waals surface area contributed by atoms with Gasteiger partial charge < -0.3 is 14.2 Å². The van der Waals surface area contributed by atoms with Crippen molar-refractivity contribution in [2.24, 2.45) is 5.41 Å². The lowest BCUT2D eigenvalue weighted by molar-refractivity contribution is -0.162. The molecule has 2 aromatic carbocycles. The Kier molecular flexibility index (Phi) is 6.88. The number of fused-ring (bicyclic) bond motifs is 1. The average molecular weight is 527 g/mol. The van der Waals surface area contributed by atoms with E-state index in [0.717, 1.165) is 61.9 Å². The molecule has 1 aliphatic heterocycles. The van der Waals surface area contributed by atoms with Crippen LogP contribution in [0.5, 0.6) is 5.75 Å². The molecule has 0 aliphatic carbocycles. The maximum absolute atomic E-state index is 12.8. The molecule has 204 valence electrons. The van der Waals surface area contributed by atoms with Crippen LogP contribution in [0.4, 0.5) is 0 Å². The van der Waals surface area contributed by atoms with E-state index in [-0.39, 0.29) is 12.6 Å². The Morgan fingerprint density at radius 3 is 2.54 bits per heavy atom. The van der Waals surface area contributed by atoms with Crippen molar-refractivity contribution in [2.45, 2.75) is 73.5 Å². The highest BCUT2D eigenvalue weighted by atomic mass is 16.6. The van der Waals surface area contributed by atoms with Crippen LogP contribution in [0.1, 0.15) is 70.0 Å². The van der Waals surface area contributed by atoms with Crippen molar-refractivity contribution < 1.29 is 19.0 Å². The molecule has 0 bridgehead atoms. The normalized spacial score (nSPS) is 14.4. The summed E-state index contributed by atoms with van der Waals surface area (Å²) in [5.41, 5.74) is 6.87. The van der Waals surface area contributed by atoms with Gasteiger partial charge in [0.05, 0.1) is 28.7 Å². The number of pyridine rings is 2. The zero-order valence-electron chi connectivity index (χ0n) is 24.3. The molecule has 39 heavy (non-hydrogen) atoms. The second-order valence-electron chi connectivity index (χ2n) is 12.5. The highest BCUT2D eigenvalue weighted by Gasteiger charge is 2.31. The van der Waals surface area contributed by atoms with Crippen molar-refractivity contribution in [1.82, 2.24) is 9.97 Å². The van der Waals surface area contributed by atoms with E-state index in [4.69, 9.17) is 24.2 Å². The van der Waals surface area contributed by atoms with Crippen molar-refractivity contribution in [1.29, 1.82) is 0 Å². The first-order valence-corrected chi connectivity index (χ1v) is 13.6. The third-order valence-electron chi connectivity index (χ3n) is 7.02. The quantitative estimate of drug-likeness (QED) is 0.252. The number of nitrogens with zero attached hydrogens (tertiary/aromatic N) is 2. The predicted octanol–water partition coefficient (Wildman–Crippen LogP) is 7.45. The van der Waals surface area contributed by atoms with Crippen LogP contribution in [0, 0.1) is 19.3 Å². The summed E-state index contributed by atoms with van der Waals surface area (Å²) in [5.74, 6) is 0.597. The second-order valence-corrected chi connectivity index (χ2v) is 12.5. The van der Waals surface area contributed by atoms with E-state index in [1.807, 2.05) is 66.8 Å². The summed E-state index contributed by atoms with van der Waals surface area (Å²) in [6.07, 6.45) is 2.22. The molecule has 6 heteroatoms. The first-order chi connectivity index (χ1) is 18.3. The molecule has 0 fully saturated rings. The van der Waals surface area contributed by atoms with E-state index in [2.05, 4.69) is 31.2 Å². The van der Waals surface area contributed by atoms with Crippen molar-refractivity contribution in [3.05, 3.63) is 65.0 Å². The number of benzene rings is 2. The lowest BCUT2D eigenvalue weighted by Gasteiger charge is -2.31. The SMILES string of the molecule is Cc1ccc2c(-c3ccc4c5c(ccnc35)CCO4)c([C@@H](COC(=O)C(C)(C)C)OC(C)(C)C)c(C)cc2n1. The number of ether oxygens (including phenoxy) is 3. The van der Waals surface area contributed by atoms with Gasteiger partial charge in [-0.05, 0) is 108 Å². The first-order valence-electron chi connectivity index (χ1n) is 13.6. The predicted molar refractivity (Wildman–Crippen MR) is 155 cm³/mol. The van der Waals surface area contributed by atoms with Gasteiger partial charge in [-0.25, -0.2) is 0 Å². The Hall–Kier alpha value is -3.51. The van der Waals surface area contributed by atoms with Gasteiger partial charge >= 0.3 is 5.97 Å². The number of esters is 1. The largest absolute Gasteiger partial charge is 0.493 e. The van der Waals surface area contributed by atoms with Crippen molar-refractivity contribution in [3.8, 4) is 16.9 Å². The molecule has 0 saturated carbocycles. The van der Waals surface area contributed by atoms with Gasteiger partial charge in [0.15, 0.2) is 0 Å². The van der Waals surface area contributed by atoms with Gasteiger partial charge in [0, 0.05) is 34.6 Å². The molecule has 0 amide bonds. The maximum Gasteiger partial charge on any atom is 0.311 e. The second kappa shape index (κ2) is 9.91. The standard InChI is InChI=1S/C33H38N2O4/c1-19-17-24-22(10-9-20(2)35-24)29(23-11-12-25-28-21(14-16-37-25)13-15-34-30(23)28)27(19)26(39-33(6,7)8)18-38-31(36)32(3,4)5/h9-13,15,17,26H,14,16,18H2,1-8H3/t26-/m1/s1. The summed E-state index contributed by atoms with van der Waals surface area (Å²) in [7, 11) is 0. The molecule has 0 N–H and O–H groups in total. The number of aromatic nitrogens is 2. The van der Waals surface area contributed by atoms with Crippen LogP contribution in [0.15, 0.2) is 42.6 Å². The molecular weight excluding hydrogens is 488 g/mol. The summed E-state index contributed by atoms with van der Waals surface area (Å²) >= 11 is 0. The first kappa shape index (κ1) is 27.1. The minimum Gasteiger partial charge on any atom is -0.493 e. The number of rotatable bonds is 5. The van der Waals surface area contributed by atoms with Crippen LogP contribution < -0.4 is 4.74 Å². The number of hydrogen-bond donors (Lipinski definition) is 0. The molecule has 0 unspecified atom stereocenters. The zero-order valence-corrected chi connectivity index (χ0v) is 24.3. The molecule has 2 aromatic heterocycles. The number of carbonyl (C=O) groups excluding carboxylic acids is 1. The Labute approximate surface area is 230 Å². The highest BCUT2D eigenvalue weighted by molar-refractivity contribution is 6.07. The smallest absolute Gasteiger partial charge is 0.311 e. The lowest BCUT2D eigenvalue weighted by atomic mass is 9.86. The van der Waals surface area contributed by atoms with Crippen molar-refractivity contribution in [2.75, 3.05) is 13.2 Å². The summed E-state index contributed by atoms with van der Waals surface area (Å²) in [5, 5.41) is 2.06. The fourth-order valence-electron chi connectivity index (χ4n) is 5.30. The number of aryl methyl sites for hydroxylation is 2. The Bertz CT molecular complexity index is 1570. The molecule has 4 aromatic rings. The summed E-state index contributed by atoms with van der Waals surface area (Å²) in [4.78, 5) is 22.6. The Balaban J connectivity index is 1.80. The van der Waals surface area contributed by atoms with Gasteiger partial charge in [0.1, 0.15) is 18.5 Å². The van der Waals surface area contributed by atoms with E-state index < -0.39 is 17.1 Å². The molecule has 6 nitrogen and oxygen atoms in total. The van der Waals surface area contributed by atoms with E-state index >= 15 is 0 Å². The fourth-order valence-corrected chi connectivity index (χ4v) is 5.30. The van der Waals surface area contributed by atoms with Gasteiger partial charge in [-0.3, -0.25) is 14.8 Å². The zero-order chi connectivity index (χ0) is 28.1. The molecule has 1 aliphatic rings. The summed E-state index contributed by atoms with van der Waals surface area (Å²) in [6.45, 7) is 16.5. The van der Waals surface area contributed by atoms with Gasteiger partial charge in [-0.15, -0.1) is 0 Å². The van der Waals surface area contributed by atoms with Crippen LogP contribution in [0.2, 0.25) is 0 Å². The van der Waals surface area contributed by atoms with Crippen molar-refractivity contribution >= 4 is 27.8 Å². The monoisotopic (exact) mass is 526 g/mol. The van der Waals surface area contributed by atoms with Gasteiger partial charge in [-0.2, -0.15) is 0 Å².